The first-order chi connectivity index (χ1) is 12.8. The lowest BCUT2D eigenvalue weighted by molar-refractivity contribution is 0.0587. The van der Waals surface area contributed by atoms with E-state index < -0.39 is 0 Å². The maximum atomic E-state index is 12.6. The van der Waals surface area contributed by atoms with Crippen LogP contribution in [0, 0.1) is 0 Å². The van der Waals surface area contributed by atoms with Gasteiger partial charge in [0.25, 0.3) is 5.91 Å². The van der Waals surface area contributed by atoms with Gasteiger partial charge in [0, 0.05) is 19.3 Å². The Hall–Kier alpha value is -3.55. The molecule has 8 heteroatoms. The summed E-state index contributed by atoms with van der Waals surface area (Å²) < 4.78 is 1.97. The molecule has 4 heterocycles. The highest BCUT2D eigenvalue weighted by atomic mass is 16.2. The van der Waals surface area contributed by atoms with Crippen molar-refractivity contribution in [3.63, 3.8) is 0 Å². The fraction of sp³-hybridized carbons (Fsp3) is 0.167. The molecule has 0 bridgehead atoms. The van der Waals surface area contributed by atoms with E-state index in [2.05, 4.69) is 20.4 Å². The van der Waals surface area contributed by atoms with Gasteiger partial charge in [-0.2, -0.15) is 9.90 Å². The van der Waals surface area contributed by atoms with Crippen LogP contribution in [0.1, 0.15) is 22.2 Å². The molecule has 8 nitrogen and oxygen atoms in total. The zero-order valence-electron chi connectivity index (χ0n) is 13.8. The lowest BCUT2D eigenvalue weighted by Crippen LogP contribution is -2.49. The first kappa shape index (κ1) is 14.8. The zero-order chi connectivity index (χ0) is 17.5. The van der Waals surface area contributed by atoms with Crippen LogP contribution in [-0.4, -0.2) is 53.5 Å². The minimum absolute atomic E-state index is 0.114. The fourth-order valence-corrected chi connectivity index (χ4v) is 3.15. The summed E-state index contributed by atoms with van der Waals surface area (Å²) in [6.07, 6.45) is 3.45. The number of carbonyl (C=O) groups is 1. The third kappa shape index (κ3) is 2.34. The second-order valence-corrected chi connectivity index (χ2v) is 6.25. The van der Waals surface area contributed by atoms with Gasteiger partial charge in [-0.15, -0.1) is 15.3 Å². The van der Waals surface area contributed by atoms with Crippen LogP contribution in [0.2, 0.25) is 0 Å². The van der Waals surface area contributed by atoms with Gasteiger partial charge in [-0.25, -0.2) is 0 Å². The number of fused-ring (bicyclic) bond motifs is 1. The molecule has 0 radical (unpaired) electrons. The lowest BCUT2D eigenvalue weighted by Gasteiger charge is -2.37. The summed E-state index contributed by atoms with van der Waals surface area (Å²) in [5, 5.41) is 16.9. The summed E-state index contributed by atoms with van der Waals surface area (Å²) in [5.74, 6) is 0.954. The summed E-state index contributed by atoms with van der Waals surface area (Å²) in [7, 11) is 0. The quantitative estimate of drug-likeness (QED) is 0.563. The molecule has 26 heavy (non-hydrogen) atoms. The molecule has 1 aliphatic heterocycles. The third-order valence-electron chi connectivity index (χ3n) is 4.57. The molecule has 5 rings (SSSR count). The van der Waals surface area contributed by atoms with E-state index >= 15 is 0 Å². The molecule has 128 valence electrons. The number of hydrogen-bond acceptors (Lipinski definition) is 5. The van der Waals surface area contributed by atoms with Crippen LogP contribution >= 0.6 is 0 Å². The van der Waals surface area contributed by atoms with Gasteiger partial charge in [0.2, 0.25) is 0 Å². The van der Waals surface area contributed by atoms with Crippen molar-refractivity contribution < 1.29 is 4.79 Å². The van der Waals surface area contributed by atoms with E-state index in [4.69, 9.17) is 0 Å². The van der Waals surface area contributed by atoms with Gasteiger partial charge in [-0.05, 0) is 24.3 Å². The Labute approximate surface area is 148 Å². The first-order valence-electron chi connectivity index (χ1n) is 8.36. The fourth-order valence-electron chi connectivity index (χ4n) is 3.15. The smallest absolute Gasteiger partial charge is 0.276 e. The van der Waals surface area contributed by atoms with Crippen molar-refractivity contribution in [1.82, 2.24) is 34.5 Å². The van der Waals surface area contributed by atoms with E-state index in [1.54, 1.807) is 4.90 Å². The highest BCUT2D eigenvalue weighted by Crippen LogP contribution is 2.27. The summed E-state index contributed by atoms with van der Waals surface area (Å²) in [4.78, 5) is 15.8. The third-order valence-corrected chi connectivity index (χ3v) is 4.57. The van der Waals surface area contributed by atoms with Crippen LogP contribution in [0.5, 0.6) is 0 Å². The SMILES string of the molecule is O=C(c1cnn(-c2ccccc2)n1)N1CC(c2nnc3ccccn23)C1. The van der Waals surface area contributed by atoms with Crippen LogP contribution in [0.25, 0.3) is 11.3 Å². The van der Waals surface area contributed by atoms with Gasteiger partial charge < -0.3 is 4.90 Å². The van der Waals surface area contributed by atoms with Crippen LogP contribution in [-0.2, 0) is 0 Å². The maximum Gasteiger partial charge on any atom is 0.276 e. The van der Waals surface area contributed by atoms with Gasteiger partial charge in [0.1, 0.15) is 5.82 Å². The van der Waals surface area contributed by atoms with Crippen molar-refractivity contribution in [3.05, 3.63) is 72.4 Å². The molecule has 0 atom stereocenters. The summed E-state index contributed by atoms with van der Waals surface area (Å²) >= 11 is 0. The van der Waals surface area contributed by atoms with Crippen molar-refractivity contribution in [1.29, 1.82) is 0 Å². The van der Waals surface area contributed by atoms with Crippen LogP contribution < -0.4 is 0 Å². The number of rotatable bonds is 3. The number of carbonyl (C=O) groups excluding carboxylic acids is 1. The Kier molecular flexibility index (Phi) is 3.27. The van der Waals surface area contributed by atoms with Crippen LogP contribution in [0.3, 0.4) is 0 Å². The minimum atomic E-state index is -0.114. The van der Waals surface area contributed by atoms with Gasteiger partial charge in [-0.3, -0.25) is 9.20 Å². The van der Waals surface area contributed by atoms with E-state index in [0.717, 1.165) is 17.2 Å². The predicted molar refractivity (Wildman–Crippen MR) is 93.0 cm³/mol. The van der Waals surface area contributed by atoms with E-state index in [1.807, 2.05) is 59.1 Å². The number of benzene rings is 1. The van der Waals surface area contributed by atoms with E-state index in [0.29, 0.717) is 18.8 Å². The molecular weight excluding hydrogens is 330 g/mol. The Morgan fingerprint density at radius 2 is 1.81 bits per heavy atom. The molecule has 1 aromatic carbocycles. The number of pyridine rings is 1. The molecule has 0 unspecified atom stereocenters. The lowest BCUT2D eigenvalue weighted by atomic mass is 9.99. The summed E-state index contributed by atoms with van der Waals surface area (Å²) in [6, 6.07) is 15.3. The highest BCUT2D eigenvalue weighted by molar-refractivity contribution is 5.92. The number of nitrogens with zero attached hydrogens (tertiary/aromatic N) is 7. The molecule has 1 fully saturated rings. The average Bonchev–Trinajstić information content (AvgIpc) is 3.29. The monoisotopic (exact) mass is 345 g/mol. The number of likely N-dealkylation sites (tertiary alicyclic amines) is 1. The highest BCUT2D eigenvalue weighted by Gasteiger charge is 2.36. The Morgan fingerprint density at radius 3 is 2.65 bits per heavy atom. The molecule has 0 N–H and O–H groups in total. The van der Waals surface area contributed by atoms with Gasteiger partial charge in [0.15, 0.2) is 11.3 Å². The van der Waals surface area contributed by atoms with Crippen molar-refractivity contribution in [2.75, 3.05) is 13.1 Å². The van der Waals surface area contributed by atoms with Crippen molar-refractivity contribution in [2.24, 2.45) is 0 Å². The summed E-state index contributed by atoms with van der Waals surface area (Å²) in [6.45, 7) is 1.21. The largest absolute Gasteiger partial charge is 0.336 e. The predicted octanol–water partition coefficient (Wildman–Crippen LogP) is 1.55. The van der Waals surface area contributed by atoms with E-state index in [9.17, 15) is 4.79 Å². The maximum absolute atomic E-state index is 12.6. The summed E-state index contributed by atoms with van der Waals surface area (Å²) in [5.41, 5.74) is 1.99. The van der Waals surface area contributed by atoms with Crippen molar-refractivity contribution in [2.45, 2.75) is 5.92 Å². The zero-order valence-corrected chi connectivity index (χ0v) is 13.8. The number of aromatic nitrogens is 6. The average molecular weight is 345 g/mol. The number of amides is 1. The van der Waals surface area contributed by atoms with E-state index in [1.165, 1.54) is 11.0 Å². The molecule has 0 saturated carbocycles. The van der Waals surface area contributed by atoms with Gasteiger partial charge in [-0.1, -0.05) is 24.3 Å². The molecular formula is C18H15N7O. The minimum Gasteiger partial charge on any atom is -0.336 e. The number of hydrogen-bond donors (Lipinski definition) is 0. The molecule has 1 amide bonds. The van der Waals surface area contributed by atoms with Crippen molar-refractivity contribution >= 4 is 11.6 Å². The molecule has 0 spiro atoms. The van der Waals surface area contributed by atoms with Crippen LogP contribution in [0.15, 0.2) is 60.9 Å². The molecule has 1 saturated heterocycles. The standard InChI is InChI=1S/C18H15N7O/c26-18(15-10-19-25(22-15)14-6-2-1-3-7-14)23-11-13(12-23)17-21-20-16-8-4-5-9-24(16)17/h1-10,13H,11-12H2. The van der Waals surface area contributed by atoms with E-state index in [-0.39, 0.29) is 11.8 Å². The van der Waals surface area contributed by atoms with Gasteiger partial charge >= 0.3 is 0 Å². The molecule has 3 aromatic heterocycles. The molecule has 1 aliphatic rings. The first-order valence-corrected chi connectivity index (χ1v) is 8.36. The number of para-hydroxylation sites is 1. The van der Waals surface area contributed by atoms with Crippen LogP contribution in [0.4, 0.5) is 0 Å². The Balaban J connectivity index is 1.31. The molecule has 4 aromatic rings. The topological polar surface area (TPSA) is 81.2 Å². The van der Waals surface area contributed by atoms with Gasteiger partial charge in [0.05, 0.1) is 17.8 Å². The Morgan fingerprint density at radius 1 is 1.00 bits per heavy atom. The molecule has 0 aliphatic carbocycles. The second-order valence-electron chi connectivity index (χ2n) is 6.25. The normalized spacial score (nSPS) is 14.5. The Bertz CT molecular complexity index is 1080. The second kappa shape index (κ2) is 5.76. The van der Waals surface area contributed by atoms with Crippen molar-refractivity contribution in [3.8, 4) is 5.69 Å².